The van der Waals surface area contributed by atoms with Crippen molar-refractivity contribution < 1.29 is 39.2 Å². The Labute approximate surface area is 228 Å². The fourth-order valence-corrected chi connectivity index (χ4v) is 6.00. The fourth-order valence-electron chi connectivity index (χ4n) is 6.00. The zero-order chi connectivity index (χ0) is 28.7. The Morgan fingerprint density at radius 2 is 1.92 bits per heavy atom. The van der Waals surface area contributed by atoms with Gasteiger partial charge in [0.2, 0.25) is 11.8 Å². The molecule has 0 radical (unpaired) electrons. The molecule has 1 aromatic rings. The fraction of sp³-hybridized carbons (Fsp3) is 0.567. The van der Waals surface area contributed by atoms with Gasteiger partial charge in [0.1, 0.15) is 0 Å². The predicted octanol–water partition coefficient (Wildman–Crippen LogP) is 4.43. The minimum Gasteiger partial charge on any atom is -0.505 e. The normalized spacial score (nSPS) is 22.4. The number of amides is 2. The van der Waals surface area contributed by atoms with Gasteiger partial charge in [0.15, 0.2) is 11.6 Å². The van der Waals surface area contributed by atoms with E-state index in [0.717, 1.165) is 17.6 Å². The van der Waals surface area contributed by atoms with Gasteiger partial charge in [-0.25, -0.2) is 4.39 Å². The van der Waals surface area contributed by atoms with E-state index in [1.54, 1.807) is 12.1 Å². The van der Waals surface area contributed by atoms with Crippen LogP contribution in [0.3, 0.4) is 0 Å². The minimum absolute atomic E-state index is 0.0474. The third-order valence-corrected chi connectivity index (χ3v) is 7.85. The molecule has 4 atom stereocenters. The number of allylic oxidation sites excluding steroid dienone is 2. The van der Waals surface area contributed by atoms with Gasteiger partial charge in [-0.1, -0.05) is 43.1 Å². The van der Waals surface area contributed by atoms with E-state index in [9.17, 15) is 34.1 Å². The van der Waals surface area contributed by atoms with Crippen LogP contribution in [-0.4, -0.2) is 62.4 Å². The number of aliphatic carboxylic acids is 1. The van der Waals surface area contributed by atoms with Crippen LogP contribution in [-0.2, 0) is 14.4 Å². The summed E-state index contributed by atoms with van der Waals surface area (Å²) in [5, 5.41) is 39.9. The number of nitrogens with zero attached hydrogens (tertiary/aromatic N) is 1. The van der Waals surface area contributed by atoms with Gasteiger partial charge >= 0.3 is 5.97 Å². The number of aliphatic hydroxyl groups excluding tert-OH is 2. The van der Waals surface area contributed by atoms with Gasteiger partial charge in [0.05, 0.1) is 24.5 Å². The van der Waals surface area contributed by atoms with E-state index < -0.39 is 41.4 Å². The largest absolute Gasteiger partial charge is 0.505 e. The molecule has 9 heteroatoms. The summed E-state index contributed by atoms with van der Waals surface area (Å²) in [5.41, 5.74) is 3.08. The number of carbonyl (C=O) groups excluding carboxylic acids is 2. The highest BCUT2D eigenvalue weighted by molar-refractivity contribution is 6.05. The summed E-state index contributed by atoms with van der Waals surface area (Å²) in [6, 6.07) is 4.12. The van der Waals surface area contributed by atoms with Crippen LogP contribution in [0.4, 0.5) is 4.39 Å². The second kappa shape index (κ2) is 13.8. The topological polar surface area (TPSA) is 135 Å². The molecular formula is C30H40FNO7. The molecule has 1 aliphatic heterocycles. The van der Waals surface area contributed by atoms with E-state index >= 15 is 0 Å². The van der Waals surface area contributed by atoms with E-state index in [0.29, 0.717) is 56.1 Å². The monoisotopic (exact) mass is 545 g/mol. The van der Waals surface area contributed by atoms with Crippen LogP contribution in [0.1, 0.15) is 77.2 Å². The second-order valence-electron chi connectivity index (χ2n) is 10.7. The Kier molecular flexibility index (Phi) is 10.8. The second-order valence-corrected chi connectivity index (χ2v) is 10.7. The van der Waals surface area contributed by atoms with Crippen molar-refractivity contribution in [3.05, 3.63) is 46.3 Å². The SMILES string of the molecule is CCCC1=C([C@H](O)CC/C(C)=C/c2ccc(O)c(F)c2)[C@H](CO)[C@@H]2C(=O)N(CCCCCC(=O)O)C(=O)[C@@H]2C1. The average molecular weight is 546 g/mol. The Bertz CT molecular complexity index is 1130. The number of unbranched alkanes of at least 4 members (excludes halogenated alkanes) is 2. The van der Waals surface area contributed by atoms with Crippen LogP contribution in [0, 0.1) is 23.6 Å². The number of carbonyl (C=O) groups is 3. The quantitative estimate of drug-likeness (QED) is 0.154. The van der Waals surface area contributed by atoms with Gasteiger partial charge in [0.25, 0.3) is 0 Å². The van der Waals surface area contributed by atoms with Crippen LogP contribution in [0.5, 0.6) is 5.75 Å². The number of fused-ring (bicyclic) bond motifs is 1. The number of aliphatic hydroxyl groups is 2. The number of imide groups is 1. The Morgan fingerprint density at radius 3 is 2.56 bits per heavy atom. The molecular weight excluding hydrogens is 505 g/mol. The van der Waals surface area contributed by atoms with E-state index in [1.165, 1.54) is 17.0 Å². The highest BCUT2D eigenvalue weighted by Crippen LogP contribution is 2.47. The van der Waals surface area contributed by atoms with Crippen molar-refractivity contribution in [3.8, 4) is 5.75 Å². The van der Waals surface area contributed by atoms with Gasteiger partial charge in [-0.15, -0.1) is 0 Å². The summed E-state index contributed by atoms with van der Waals surface area (Å²) in [7, 11) is 0. The molecule has 39 heavy (non-hydrogen) atoms. The first-order chi connectivity index (χ1) is 18.6. The number of rotatable bonds is 14. The van der Waals surface area contributed by atoms with Crippen LogP contribution in [0.15, 0.2) is 34.9 Å². The number of phenolic OH excluding ortho intramolecular Hbond substituents is 1. The Hall–Kier alpha value is -3.04. The average Bonchev–Trinajstić information content (AvgIpc) is 3.12. The van der Waals surface area contributed by atoms with Crippen molar-refractivity contribution in [2.24, 2.45) is 17.8 Å². The van der Waals surface area contributed by atoms with Crippen molar-refractivity contribution in [3.63, 3.8) is 0 Å². The van der Waals surface area contributed by atoms with Crippen LogP contribution >= 0.6 is 0 Å². The molecule has 0 spiro atoms. The van der Waals surface area contributed by atoms with Crippen molar-refractivity contribution in [1.82, 2.24) is 4.90 Å². The van der Waals surface area contributed by atoms with E-state index in [4.69, 9.17) is 5.11 Å². The van der Waals surface area contributed by atoms with Crippen LogP contribution in [0.2, 0.25) is 0 Å². The molecule has 1 saturated heterocycles. The Balaban J connectivity index is 1.74. The van der Waals surface area contributed by atoms with Crippen LogP contribution in [0.25, 0.3) is 6.08 Å². The van der Waals surface area contributed by atoms with Gasteiger partial charge in [-0.2, -0.15) is 0 Å². The van der Waals surface area contributed by atoms with Gasteiger partial charge in [-0.3, -0.25) is 19.3 Å². The number of likely N-dealkylation sites (tertiary alicyclic amines) is 1. The summed E-state index contributed by atoms with van der Waals surface area (Å²) >= 11 is 0. The maximum atomic E-state index is 13.7. The van der Waals surface area contributed by atoms with Crippen LogP contribution < -0.4 is 0 Å². The van der Waals surface area contributed by atoms with E-state index in [2.05, 4.69) is 0 Å². The third-order valence-electron chi connectivity index (χ3n) is 7.85. The molecule has 1 heterocycles. The molecule has 0 aromatic heterocycles. The van der Waals surface area contributed by atoms with Crippen molar-refractivity contribution >= 4 is 23.9 Å². The summed E-state index contributed by atoms with van der Waals surface area (Å²) in [4.78, 5) is 38.6. The molecule has 8 nitrogen and oxygen atoms in total. The maximum absolute atomic E-state index is 13.7. The number of aromatic hydroxyl groups is 1. The lowest BCUT2D eigenvalue weighted by atomic mass is 9.67. The van der Waals surface area contributed by atoms with Crippen molar-refractivity contribution in [2.45, 2.75) is 77.7 Å². The summed E-state index contributed by atoms with van der Waals surface area (Å²) < 4.78 is 13.7. The number of hydrogen-bond acceptors (Lipinski definition) is 6. The molecule has 2 amide bonds. The molecule has 0 unspecified atom stereocenters. The summed E-state index contributed by atoms with van der Waals surface area (Å²) in [5.74, 6) is -4.50. The highest BCUT2D eigenvalue weighted by Gasteiger charge is 2.54. The summed E-state index contributed by atoms with van der Waals surface area (Å²) in [6.45, 7) is 3.75. The number of phenols is 1. The molecule has 4 N–H and O–H groups in total. The zero-order valence-corrected chi connectivity index (χ0v) is 22.7. The highest BCUT2D eigenvalue weighted by atomic mass is 19.1. The lowest BCUT2D eigenvalue weighted by Gasteiger charge is -2.36. The van der Waals surface area contributed by atoms with E-state index in [-0.39, 0.29) is 31.4 Å². The maximum Gasteiger partial charge on any atom is 0.303 e. The lowest BCUT2D eigenvalue weighted by molar-refractivity contribution is -0.141. The first kappa shape index (κ1) is 30.5. The Morgan fingerprint density at radius 1 is 1.18 bits per heavy atom. The van der Waals surface area contributed by atoms with Gasteiger partial charge in [-0.05, 0) is 68.7 Å². The molecule has 1 aromatic carbocycles. The number of carboxylic acid groups (broad SMARTS) is 1. The minimum atomic E-state index is -0.905. The standard InChI is InChI=1S/C30H40FNO7/c1-3-7-20-16-21-28(30(39)32(29(21)38)13-6-4-5-8-26(36)37)22(17-33)27(20)25(35)11-9-18(2)14-19-10-12-24(34)23(31)15-19/h10,12,14-15,21-22,25,28,33-35H,3-9,11,13,16-17H2,1-2H3,(H,36,37)/b18-14+/t21-,22+,25-,28-/m1/s1. The molecule has 214 valence electrons. The van der Waals surface area contributed by atoms with Crippen molar-refractivity contribution in [1.29, 1.82) is 0 Å². The number of carboxylic acids is 1. The molecule has 2 aliphatic rings. The first-order valence-corrected chi connectivity index (χ1v) is 13.8. The van der Waals surface area contributed by atoms with Gasteiger partial charge < -0.3 is 20.4 Å². The lowest BCUT2D eigenvalue weighted by Crippen LogP contribution is -2.39. The summed E-state index contributed by atoms with van der Waals surface area (Å²) in [6.07, 6.45) is 5.18. The molecule has 0 saturated carbocycles. The number of halogens is 1. The van der Waals surface area contributed by atoms with E-state index in [1.807, 2.05) is 13.8 Å². The van der Waals surface area contributed by atoms with Gasteiger partial charge in [0, 0.05) is 18.9 Å². The molecule has 3 rings (SSSR count). The third kappa shape index (κ3) is 7.33. The number of benzene rings is 1. The molecule has 1 fully saturated rings. The zero-order valence-electron chi connectivity index (χ0n) is 22.7. The predicted molar refractivity (Wildman–Crippen MR) is 144 cm³/mol. The first-order valence-electron chi connectivity index (χ1n) is 13.8. The smallest absolute Gasteiger partial charge is 0.303 e. The molecule has 1 aliphatic carbocycles. The number of hydrogen-bond donors (Lipinski definition) is 4. The molecule has 0 bridgehead atoms. The van der Waals surface area contributed by atoms with Crippen molar-refractivity contribution in [2.75, 3.05) is 13.2 Å².